The van der Waals surface area contributed by atoms with Crippen molar-refractivity contribution >= 4 is 29.6 Å². The lowest BCUT2D eigenvalue weighted by molar-refractivity contribution is -0.144. The summed E-state index contributed by atoms with van der Waals surface area (Å²) in [5.41, 5.74) is -0.495. The highest BCUT2D eigenvalue weighted by Gasteiger charge is 2.46. The number of likely N-dealkylation sites (tertiary alicyclic amines) is 1. The Hall–Kier alpha value is -3.69. The van der Waals surface area contributed by atoms with Gasteiger partial charge in [0.25, 0.3) is 5.91 Å². The van der Waals surface area contributed by atoms with Crippen molar-refractivity contribution in [3.63, 3.8) is 0 Å². The minimum atomic E-state index is -1.04. The van der Waals surface area contributed by atoms with Crippen molar-refractivity contribution in [2.24, 2.45) is 5.41 Å². The highest BCUT2D eigenvalue weighted by atomic mass is 16.6. The van der Waals surface area contributed by atoms with Gasteiger partial charge >= 0.3 is 6.09 Å². The zero-order valence-corrected chi connectivity index (χ0v) is 25.4. The SMILES string of the molecule is C=CCNC(=O)C(=O)C(CCC)NC(=O)[C@@H]1CC(c2ccccc2)CN1C(=O)[C@@H](NC(=O)OC(C)(C)C)C(C)(C)C. The van der Waals surface area contributed by atoms with E-state index in [0.717, 1.165) is 5.56 Å². The predicted molar refractivity (Wildman–Crippen MR) is 157 cm³/mol. The maximum Gasteiger partial charge on any atom is 0.408 e. The van der Waals surface area contributed by atoms with Crippen LogP contribution in [-0.4, -0.2) is 71.3 Å². The van der Waals surface area contributed by atoms with Crippen molar-refractivity contribution in [2.75, 3.05) is 13.1 Å². The maximum atomic E-state index is 14.1. The number of carbonyl (C=O) groups is 5. The summed E-state index contributed by atoms with van der Waals surface area (Å²) in [7, 11) is 0. The Balaban J connectivity index is 2.39. The average molecular weight is 571 g/mol. The first kappa shape index (κ1) is 33.5. The molecule has 2 unspecified atom stereocenters. The molecule has 0 radical (unpaired) electrons. The Morgan fingerprint density at radius 2 is 1.68 bits per heavy atom. The first-order valence-corrected chi connectivity index (χ1v) is 14.2. The van der Waals surface area contributed by atoms with Gasteiger partial charge < -0.3 is 25.6 Å². The zero-order chi connectivity index (χ0) is 31.0. The van der Waals surface area contributed by atoms with Gasteiger partial charge in [0.05, 0.1) is 6.04 Å². The number of alkyl carbamates (subject to hydrolysis) is 1. The highest BCUT2D eigenvalue weighted by Crippen LogP contribution is 2.34. The van der Waals surface area contributed by atoms with Crippen LogP contribution in [0.3, 0.4) is 0 Å². The number of nitrogens with one attached hydrogen (secondary N) is 3. The molecule has 226 valence electrons. The van der Waals surface area contributed by atoms with Crippen LogP contribution in [-0.2, 0) is 23.9 Å². The fraction of sp³-hybridized carbons (Fsp3) is 0.581. The lowest BCUT2D eigenvalue weighted by atomic mass is 9.85. The minimum Gasteiger partial charge on any atom is -0.444 e. The molecule has 1 saturated heterocycles. The van der Waals surface area contributed by atoms with E-state index in [2.05, 4.69) is 22.5 Å². The molecule has 0 saturated carbocycles. The van der Waals surface area contributed by atoms with Gasteiger partial charge in [-0.2, -0.15) is 0 Å². The normalized spacial score (nSPS) is 18.6. The molecule has 4 atom stereocenters. The number of ether oxygens (including phenoxy) is 1. The third-order valence-electron chi connectivity index (χ3n) is 6.77. The summed E-state index contributed by atoms with van der Waals surface area (Å²) in [6.07, 6.45) is 1.86. The summed E-state index contributed by atoms with van der Waals surface area (Å²) in [6, 6.07) is 6.64. The second-order valence-corrected chi connectivity index (χ2v) is 12.5. The summed E-state index contributed by atoms with van der Waals surface area (Å²) in [5.74, 6) is -2.65. The smallest absolute Gasteiger partial charge is 0.408 e. The molecule has 10 nitrogen and oxygen atoms in total. The number of Topliss-reactive ketones (excluding diaryl/α,β-unsaturated/α-hetero) is 1. The molecule has 1 fully saturated rings. The van der Waals surface area contributed by atoms with Crippen LogP contribution in [0.15, 0.2) is 43.0 Å². The molecule has 1 aliphatic rings. The van der Waals surface area contributed by atoms with Gasteiger partial charge in [-0.05, 0) is 44.6 Å². The Morgan fingerprint density at radius 1 is 1.05 bits per heavy atom. The number of amides is 4. The largest absolute Gasteiger partial charge is 0.444 e. The van der Waals surface area contributed by atoms with Crippen LogP contribution in [0.1, 0.15) is 79.2 Å². The van der Waals surface area contributed by atoms with Crippen LogP contribution in [0.5, 0.6) is 0 Å². The number of carbonyl (C=O) groups excluding carboxylic acids is 5. The Morgan fingerprint density at radius 3 is 2.22 bits per heavy atom. The van der Waals surface area contributed by atoms with Gasteiger partial charge in [0.15, 0.2) is 0 Å². The van der Waals surface area contributed by atoms with Gasteiger partial charge in [0, 0.05) is 19.0 Å². The summed E-state index contributed by atoms with van der Waals surface area (Å²) >= 11 is 0. The van der Waals surface area contributed by atoms with E-state index in [9.17, 15) is 24.0 Å². The minimum absolute atomic E-state index is 0.125. The molecule has 1 aliphatic heterocycles. The van der Waals surface area contributed by atoms with Crippen LogP contribution in [0, 0.1) is 5.41 Å². The molecule has 3 N–H and O–H groups in total. The van der Waals surface area contributed by atoms with Crippen LogP contribution < -0.4 is 16.0 Å². The lowest BCUT2D eigenvalue weighted by Gasteiger charge is -2.36. The van der Waals surface area contributed by atoms with Gasteiger partial charge in [-0.1, -0.05) is 70.5 Å². The van der Waals surface area contributed by atoms with E-state index in [4.69, 9.17) is 4.74 Å². The number of rotatable bonds is 11. The Kier molecular flexibility index (Phi) is 11.7. The van der Waals surface area contributed by atoms with Crippen LogP contribution in [0.25, 0.3) is 0 Å². The van der Waals surface area contributed by atoms with E-state index in [-0.39, 0.29) is 25.4 Å². The van der Waals surface area contributed by atoms with E-state index in [1.165, 1.54) is 11.0 Å². The monoisotopic (exact) mass is 570 g/mol. The predicted octanol–water partition coefficient (Wildman–Crippen LogP) is 3.47. The number of ketones is 1. The Labute approximate surface area is 243 Å². The van der Waals surface area contributed by atoms with E-state index in [1.807, 2.05) is 58.0 Å². The molecule has 0 spiro atoms. The molecule has 4 amide bonds. The standard InChI is InChI=1S/C31H46N4O6/c1-9-14-22(24(36)27(38)32-17-10-2)33-26(37)23-18-21(20-15-12-11-13-16-20)19-35(23)28(39)25(30(3,4)5)34-29(40)41-31(6,7)8/h10-13,15-16,21-23,25H,2,9,14,17-19H2,1,3-8H3,(H,32,38)(H,33,37)(H,34,40)/t21?,22?,23-,25+/m0/s1. The zero-order valence-electron chi connectivity index (χ0n) is 25.4. The van der Waals surface area contributed by atoms with Crippen molar-refractivity contribution in [1.29, 1.82) is 0 Å². The number of hydrogen-bond donors (Lipinski definition) is 3. The molecule has 1 heterocycles. The van der Waals surface area contributed by atoms with Crippen molar-refractivity contribution < 1.29 is 28.7 Å². The molecule has 2 rings (SSSR count). The molecule has 0 aromatic heterocycles. The fourth-order valence-electron chi connectivity index (χ4n) is 4.77. The maximum absolute atomic E-state index is 14.1. The summed E-state index contributed by atoms with van der Waals surface area (Å²) in [6.45, 7) is 16.4. The van der Waals surface area contributed by atoms with Crippen molar-refractivity contribution in [3.05, 3.63) is 48.6 Å². The highest BCUT2D eigenvalue weighted by molar-refractivity contribution is 6.38. The van der Waals surface area contributed by atoms with E-state index < -0.39 is 58.7 Å². The molecule has 41 heavy (non-hydrogen) atoms. The Bertz CT molecular complexity index is 1110. The van der Waals surface area contributed by atoms with E-state index in [1.54, 1.807) is 20.8 Å². The van der Waals surface area contributed by atoms with Gasteiger partial charge in [-0.3, -0.25) is 19.2 Å². The molecular formula is C31H46N4O6. The van der Waals surface area contributed by atoms with E-state index in [0.29, 0.717) is 12.8 Å². The van der Waals surface area contributed by atoms with Crippen LogP contribution in [0.4, 0.5) is 4.79 Å². The van der Waals surface area contributed by atoms with Gasteiger partial charge in [0.2, 0.25) is 17.6 Å². The molecular weight excluding hydrogens is 524 g/mol. The topological polar surface area (TPSA) is 134 Å². The molecule has 0 bridgehead atoms. The first-order chi connectivity index (χ1) is 19.1. The van der Waals surface area contributed by atoms with Crippen LogP contribution in [0.2, 0.25) is 0 Å². The third-order valence-corrected chi connectivity index (χ3v) is 6.77. The first-order valence-electron chi connectivity index (χ1n) is 14.2. The third kappa shape index (κ3) is 9.72. The van der Waals surface area contributed by atoms with Crippen molar-refractivity contribution in [1.82, 2.24) is 20.9 Å². The summed E-state index contributed by atoms with van der Waals surface area (Å²) in [5, 5.41) is 7.92. The molecule has 0 aliphatic carbocycles. The molecule has 10 heteroatoms. The van der Waals surface area contributed by atoms with Gasteiger partial charge in [-0.15, -0.1) is 6.58 Å². The average Bonchev–Trinajstić information content (AvgIpc) is 3.34. The molecule has 1 aromatic rings. The number of hydrogen-bond acceptors (Lipinski definition) is 6. The van der Waals surface area contributed by atoms with Crippen molar-refractivity contribution in [2.45, 2.75) is 97.4 Å². The second kappa shape index (κ2) is 14.3. The second-order valence-electron chi connectivity index (χ2n) is 12.5. The number of benzene rings is 1. The molecule has 1 aromatic carbocycles. The van der Waals surface area contributed by atoms with E-state index >= 15 is 0 Å². The van der Waals surface area contributed by atoms with Crippen molar-refractivity contribution in [3.8, 4) is 0 Å². The van der Waals surface area contributed by atoms with Gasteiger partial charge in [0.1, 0.15) is 17.7 Å². The number of nitrogens with zero attached hydrogens (tertiary/aromatic N) is 1. The van der Waals surface area contributed by atoms with Crippen LogP contribution >= 0.6 is 0 Å². The van der Waals surface area contributed by atoms with Gasteiger partial charge in [-0.25, -0.2) is 4.79 Å². The summed E-state index contributed by atoms with van der Waals surface area (Å²) < 4.78 is 5.42. The summed E-state index contributed by atoms with van der Waals surface area (Å²) in [4.78, 5) is 67.2. The fourth-order valence-corrected chi connectivity index (χ4v) is 4.77. The lowest BCUT2D eigenvalue weighted by Crippen LogP contribution is -2.59. The quantitative estimate of drug-likeness (QED) is 0.276.